The number of anilines is 2. The van der Waals surface area contributed by atoms with E-state index in [1.54, 1.807) is 7.11 Å². The highest BCUT2D eigenvalue weighted by Crippen LogP contribution is 2.31. The van der Waals surface area contributed by atoms with E-state index in [1.165, 1.54) is 0 Å². The molecule has 1 fully saturated rings. The summed E-state index contributed by atoms with van der Waals surface area (Å²) >= 11 is 0. The standard InChI is InChI=1S/C18H22N4O2/c1-13-6-3-9-16(19-13)21-17-10-4-7-14(20-17)15-8-5-11-22(15)18(23)12-24-2/h3-4,6-7,9-10,15H,5,8,11-12H2,1-2H3,(H,19,20,21). The molecule has 1 aliphatic heterocycles. The van der Waals surface area contributed by atoms with Crippen LogP contribution in [0, 0.1) is 6.92 Å². The number of aromatic nitrogens is 2. The molecule has 0 saturated carbocycles. The molecule has 1 saturated heterocycles. The van der Waals surface area contributed by atoms with Crippen molar-refractivity contribution >= 4 is 17.5 Å². The SMILES string of the molecule is COCC(=O)N1CCCC1c1cccc(Nc2cccc(C)n2)n1. The quantitative estimate of drug-likeness (QED) is 0.915. The van der Waals surface area contributed by atoms with Crippen molar-refractivity contribution in [1.29, 1.82) is 0 Å². The van der Waals surface area contributed by atoms with Crippen LogP contribution in [-0.4, -0.2) is 41.0 Å². The van der Waals surface area contributed by atoms with E-state index in [9.17, 15) is 4.79 Å². The van der Waals surface area contributed by atoms with E-state index in [0.717, 1.165) is 42.4 Å². The number of amides is 1. The summed E-state index contributed by atoms with van der Waals surface area (Å²) in [5, 5.41) is 3.23. The second-order valence-electron chi connectivity index (χ2n) is 5.92. The van der Waals surface area contributed by atoms with Gasteiger partial charge in [0.1, 0.15) is 18.2 Å². The molecular weight excluding hydrogens is 304 g/mol. The van der Waals surface area contributed by atoms with Gasteiger partial charge in [-0.2, -0.15) is 0 Å². The molecule has 3 rings (SSSR count). The third-order valence-electron chi connectivity index (χ3n) is 4.10. The van der Waals surface area contributed by atoms with Crippen LogP contribution in [0.1, 0.15) is 30.3 Å². The minimum Gasteiger partial charge on any atom is -0.375 e. The topological polar surface area (TPSA) is 67.3 Å². The molecule has 3 heterocycles. The molecule has 2 aromatic heterocycles. The zero-order valence-electron chi connectivity index (χ0n) is 14.0. The van der Waals surface area contributed by atoms with Gasteiger partial charge in [-0.25, -0.2) is 9.97 Å². The number of nitrogens with one attached hydrogen (secondary N) is 1. The lowest BCUT2D eigenvalue weighted by atomic mass is 10.1. The first-order chi connectivity index (χ1) is 11.7. The lowest BCUT2D eigenvalue weighted by Crippen LogP contribution is -2.33. The van der Waals surface area contributed by atoms with Crippen LogP contribution in [0.15, 0.2) is 36.4 Å². The number of pyridine rings is 2. The van der Waals surface area contributed by atoms with E-state index in [-0.39, 0.29) is 18.6 Å². The van der Waals surface area contributed by atoms with Crippen LogP contribution >= 0.6 is 0 Å². The lowest BCUT2D eigenvalue weighted by Gasteiger charge is -2.24. The Labute approximate surface area is 141 Å². The summed E-state index contributed by atoms with van der Waals surface area (Å²) in [5.74, 6) is 1.51. The Morgan fingerprint density at radius 1 is 1.25 bits per heavy atom. The third-order valence-corrected chi connectivity index (χ3v) is 4.10. The Balaban J connectivity index is 1.78. The van der Waals surface area contributed by atoms with Gasteiger partial charge in [-0.1, -0.05) is 12.1 Å². The molecule has 1 N–H and O–H groups in total. The summed E-state index contributed by atoms with van der Waals surface area (Å²) in [4.78, 5) is 23.2. The highest BCUT2D eigenvalue weighted by molar-refractivity contribution is 5.78. The fourth-order valence-corrected chi connectivity index (χ4v) is 3.03. The molecule has 1 aliphatic rings. The van der Waals surface area contributed by atoms with Crippen LogP contribution in [0.25, 0.3) is 0 Å². The largest absolute Gasteiger partial charge is 0.375 e. The number of carbonyl (C=O) groups is 1. The second kappa shape index (κ2) is 7.40. The van der Waals surface area contributed by atoms with E-state index in [1.807, 2.05) is 48.2 Å². The summed E-state index contributed by atoms with van der Waals surface area (Å²) in [6, 6.07) is 11.7. The third kappa shape index (κ3) is 3.71. The molecule has 0 bridgehead atoms. The van der Waals surface area contributed by atoms with Gasteiger partial charge in [0.2, 0.25) is 5.91 Å². The number of ether oxygens (including phenoxy) is 1. The first-order valence-electron chi connectivity index (χ1n) is 8.13. The second-order valence-corrected chi connectivity index (χ2v) is 5.92. The van der Waals surface area contributed by atoms with Gasteiger partial charge in [0.15, 0.2) is 0 Å². The van der Waals surface area contributed by atoms with Gasteiger partial charge in [-0.3, -0.25) is 4.79 Å². The van der Waals surface area contributed by atoms with Crippen LogP contribution in [0.5, 0.6) is 0 Å². The molecule has 0 aromatic carbocycles. The van der Waals surface area contributed by atoms with E-state index >= 15 is 0 Å². The fourth-order valence-electron chi connectivity index (χ4n) is 3.03. The molecule has 126 valence electrons. The average Bonchev–Trinajstić information content (AvgIpc) is 3.05. The maximum absolute atomic E-state index is 12.2. The molecule has 2 aromatic rings. The number of rotatable bonds is 5. The maximum Gasteiger partial charge on any atom is 0.249 e. The summed E-state index contributed by atoms with van der Waals surface area (Å²) in [6.45, 7) is 2.82. The molecule has 0 radical (unpaired) electrons. The molecule has 1 atom stereocenters. The smallest absolute Gasteiger partial charge is 0.249 e. The van der Waals surface area contributed by atoms with Gasteiger partial charge in [-0.15, -0.1) is 0 Å². The highest BCUT2D eigenvalue weighted by atomic mass is 16.5. The summed E-state index contributed by atoms with van der Waals surface area (Å²) < 4.78 is 4.98. The summed E-state index contributed by atoms with van der Waals surface area (Å²) in [5.41, 5.74) is 1.85. The Kier molecular flexibility index (Phi) is 5.05. The normalized spacial score (nSPS) is 17.1. The van der Waals surface area contributed by atoms with Crippen LogP contribution in [0.3, 0.4) is 0 Å². The van der Waals surface area contributed by atoms with Gasteiger partial charge in [0.05, 0.1) is 11.7 Å². The number of hydrogen-bond donors (Lipinski definition) is 1. The Bertz CT molecular complexity index is 720. The fraction of sp³-hybridized carbons (Fsp3) is 0.389. The van der Waals surface area contributed by atoms with Gasteiger partial charge in [-0.05, 0) is 44.0 Å². The number of aryl methyl sites for hydroxylation is 1. The maximum atomic E-state index is 12.2. The van der Waals surface area contributed by atoms with Crippen molar-refractivity contribution in [2.24, 2.45) is 0 Å². The number of carbonyl (C=O) groups excluding carboxylic acids is 1. The van der Waals surface area contributed by atoms with Crippen molar-refractivity contribution in [3.63, 3.8) is 0 Å². The van der Waals surface area contributed by atoms with E-state index in [4.69, 9.17) is 4.74 Å². The Morgan fingerprint density at radius 2 is 2.00 bits per heavy atom. The van der Waals surface area contributed by atoms with Crippen LogP contribution in [-0.2, 0) is 9.53 Å². The highest BCUT2D eigenvalue weighted by Gasteiger charge is 2.30. The van der Waals surface area contributed by atoms with Crippen molar-refractivity contribution < 1.29 is 9.53 Å². The van der Waals surface area contributed by atoms with Crippen LogP contribution < -0.4 is 5.32 Å². The zero-order valence-corrected chi connectivity index (χ0v) is 14.0. The molecular formula is C18H22N4O2. The first kappa shape index (κ1) is 16.4. The van der Waals surface area contributed by atoms with Gasteiger partial charge in [0.25, 0.3) is 0 Å². The van der Waals surface area contributed by atoms with E-state index < -0.39 is 0 Å². The number of likely N-dealkylation sites (tertiary alicyclic amines) is 1. The monoisotopic (exact) mass is 326 g/mol. The minimum atomic E-state index is 0.0138. The predicted octanol–water partition coefficient (Wildman–Crippen LogP) is 2.84. The molecule has 1 unspecified atom stereocenters. The number of methoxy groups -OCH3 is 1. The van der Waals surface area contributed by atoms with Gasteiger partial charge >= 0.3 is 0 Å². The van der Waals surface area contributed by atoms with E-state index in [0.29, 0.717) is 0 Å². The van der Waals surface area contributed by atoms with Crippen molar-refractivity contribution in [1.82, 2.24) is 14.9 Å². The van der Waals surface area contributed by atoms with Crippen molar-refractivity contribution in [2.45, 2.75) is 25.8 Å². The molecule has 0 spiro atoms. The van der Waals surface area contributed by atoms with Crippen molar-refractivity contribution in [2.75, 3.05) is 25.6 Å². The van der Waals surface area contributed by atoms with Gasteiger partial charge in [0, 0.05) is 19.3 Å². The summed E-state index contributed by atoms with van der Waals surface area (Å²) in [6.07, 6.45) is 1.91. The van der Waals surface area contributed by atoms with Gasteiger partial charge < -0.3 is 15.0 Å². The van der Waals surface area contributed by atoms with Crippen molar-refractivity contribution in [3.8, 4) is 0 Å². The Morgan fingerprint density at radius 3 is 2.75 bits per heavy atom. The predicted molar refractivity (Wildman–Crippen MR) is 92.1 cm³/mol. The molecule has 0 aliphatic carbocycles. The number of nitrogens with zero attached hydrogens (tertiary/aromatic N) is 3. The number of hydrogen-bond acceptors (Lipinski definition) is 5. The molecule has 6 nitrogen and oxygen atoms in total. The Hall–Kier alpha value is -2.47. The molecule has 1 amide bonds. The molecule has 6 heteroatoms. The minimum absolute atomic E-state index is 0.0138. The summed E-state index contributed by atoms with van der Waals surface area (Å²) in [7, 11) is 1.54. The molecule has 24 heavy (non-hydrogen) atoms. The average molecular weight is 326 g/mol. The lowest BCUT2D eigenvalue weighted by molar-refractivity contribution is -0.136. The van der Waals surface area contributed by atoms with Crippen molar-refractivity contribution in [3.05, 3.63) is 47.8 Å². The zero-order chi connectivity index (χ0) is 16.9. The van der Waals surface area contributed by atoms with E-state index in [2.05, 4.69) is 15.3 Å². The van der Waals surface area contributed by atoms with Crippen LogP contribution in [0.2, 0.25) is 0 Å². The first-order valence-corrected chi connectivity index (χ1v) is 8.13. The van der Waals surface area contributed by atoms with Crippen LogP contribution in [0.4, 0.5) is 11.6 Å².